The van der Waals surface area contributed by atoms with Crippen LogP contribution in [0.3, 0.4) is 0 Å². The molecule has 23 heavy (non-hydrogen) atoms. The lowest BCUT2D eigenvalue weighted by atomic mass is 9.94. The van der Waals surface area contributed by atoms with E-state index in [0.29, 0.717) is 11.8 Å². The third-order valence-corrected chi connectivity index (χ3v) is 5.01. The number of fused-ring (bicyclic) bond motifs is 1. The monoisotopic (exact) mass is 329 g/mol. The second-order valence-corrected chi connectivity index (χ2v) is 6.85. The molecule has 1 aromatic carbocycles. The van der Waals surface area contributed by atoms with E-state index in [9.17, 15) is 18.3 Å². The van der Waals surface area contributed by atoms with Gasteiger partial charge in [-0.15, -0.1) is 13.2 Å². The Balaban J connectivity index is 1.61. The fourth-order valence-electron chi connectivity index (χ4n) is 4.20. The molecule has 6 heteroatoms. The molecule has 0 bridgehead atoms. The van der Waals surface area contributed by atoms with Crippen molar-refractivity contribution in [3.8, 4) is 5.75 Å². The van der Waals surface area contributed by atoms with Crippen LogP contribution >= 0.6 is 0 Å². The lowest BCUT2D eigenvalue weighted by Crippen LogP contribution is -2.29. The van der Waals surface area contributed by atoms with Crippen LogP contribution in [0.1, 0.15) is 32.6 Å². The Morgan fingerprint density at radius 3 is 2.22 bits per heavy atom. The first-order chi connectivity index (χ1) is 10.8. The topological polar surface area (TPSA) is 32.7 Å². The average molecular weight is 329 g/mol. The number of ether oxygens (including phenoxy) is 1. The highest BCUT2D eigenvalue weighted by Gasteiger charge is 2.47. The number of alkyl halides is 3. The van der Waals surface area contributed by atoms with Crippen LogP contribution in [0.4, 0.5) is 18.9 Å². The van der Waals surface area contributed by atoms with Gasteiger partial charge in [-0.05, 0) is 55.4 Å². The molecule has 0 amide bonds. The van der Waals surface area contributed by atoms with E-state index in [1.54, 1.807) is 12.1 Å². The standard InChI is InChI=1S/C17H22F3NO2/c1-2-7-16(22)8-12-10-21(11-13(12)9-16)14-3-5-15(6-4-14)23-17(18,19)20/h3-6,12-13,22H,2,7-11H2,1H3. The number of aliphatic hydroxyl groups is 1. The Bertz CT molecular complexity index is 530. The van der Waals surface area contributed by atoms with Crippen LogP contribution in [-0.4, -0.2) is 30.2 Å². The Labute approximate surface area is 134 Å². The summed E-state index contributed by atoms with van der Waals surface area (Å²) in [5.74, 6) is 0.744. The van der Waals surface area contributed by atoms with Gasteiger partial charge in [-0.2, -0.15) is 0 Å². The predicted molar refractivity (Wildman–Crippen MR) is 81.4 cm³/mol. The Morgan fingerprint density at radius 1 is 1.17 bits per heavy atom. The van der Waals surface area contributed by atoms with E-state index in [2.05, 4.69) is 16.6 Å². The maximum Gasteiger partial charge on any atom is 0.573 e. The molecule has 1 heterocycles. The van der Waals surface area contributed by atoms with Crippen LogP contribution < -0.4 is 9.64 Å². The van der Waals surface area contributed by atoms with Crippen LogP contribution in [0.15, 0.2) is 24.3 Å². The van der Waals surface area contributed by atoms with Crippen molar-refractivity contribution < 1.29 is 23.0 Å². The predicted octanol–water partition coefficient (Wildman–Crippen LogP) is 3.96. The van der Waals surface area contributed by atoms with Crippen molar-refractivity contribution >= 4 is 5.69 Å². The zero-order chi connectivity index (χ0) is 16.7. The van der Waals surface area contributed by atoms with Gasteiger partial charge in [0.2, 0.25) is 0 Å². The van der Waals surface area contributed by atoms with Crippen LogP contribution in [0.25, 0.3) is 0 Å². The van der Waals surface area contributed by atoms with Crippen molar-refractivity contribution in [2.24, 2.45) is 11.8 Å². The maximum absolute atomic E-state index is 12.2. The second kappa shape index (κ2) is 5.89. The number of hydrogen-bond donors (Lipinski definition) is 1. The molecule has 0 radical (unpaired) electrons. The molecule has 2 aliphatic rings. The van der Waals surface area contributed by atoms with Crippen molar-refractivity contribution in [1.82, 2.24) is 0 Å². The van der Waals surface area contributed by atoms with Crippen molar-refractivity contribution in [2.45, 2.75) is 44.6 Å². The number of anilines is 1. The zero-order valence-corrected chi connectivity index (χ0v) is 13.1. The molecule has 2 fully saturated rings. The molecule has 0 aromatic heterocycles. The molecule has 128 valence electrons. The van der Waals surface area contributed by atoms with Crippen molar-refractivity contribution in [3.63, 3.8) is 0 Å². The summed E-state index contributed by atoms with van der Waals surface area (Å²) in [4.78, 5) is 2.19. The second-order valence-electron chi connectivity index (χ2n) is 6.85. The third-order valence-electron chi connectivity index (χ3n) is 5.01. The van der Waals surface area contributed by atoms with Gasteiger partial charge in [-0.1, -0.05) is 13.3 Å². The average Bonchev–Trinajstić information content (AvgIpc) is 2.93. The van der Waals surface area contributed by atoms with Gasteiger partial charge in [0.25, 0.3) is 0 Å². The first-order valence-corrected chi connectivity index (χ1v) is 8.11. The summed E-state index contributed by atoms with van der Waals surface area (Å²) in [5.41, 5.74) is 0.397. The van der Waals surface area contributed by atoms with E-state index in [1.165, 1.54) is 12.1 Å². The molecule has 1 saturated heterocycles. The van der Waals surface area contributed by atoms with E-state index in [4.69, 9.17) is 0 Å². The van der Waals surface area contributed by atoms with Gasteiger partial charge in [0.05, 0.1) is 5.60 Å². The minimum atomic E-state index is -4.66. The van der Waals surface area contributed by atoms with E-state index in [0.717, 1.165) is 44.5 Å². The summed E-state index contributed by atoms with van der Waals surface area (Å²) in [5, 5.41) is 10.6. The molecule has 1 aliphatic carbocycles. The van der Waals surface area contributed by atoms with Gasteiger partial charge in [0, 0.05) is 18.8 Å². The maximum atomic E-state index is 12.2. The highest BCUT2D eigenvalue weighted by molar-refractivity contribution is 5.50. The summed E-state index contributed by atoms with van der Waals surface area (Å²) in [6.07, 6.45) is -1.16. The molecule has 1 aliphatic heterocycles. The lowest BCUT2D eigenvalue weighted by Gasteiger charge is -2.26. The molecule has 1 saturated carbocycles. The lowest BCUT2D eigenvalue weighted by molar-refractivity contribution is -0.274. The normalized spacial score (nSPS) is 30.6. The summed E-state index contributed by atoms with van der Waals surface area (Å²) >= 11 is 0. The minimum Gasteiger partial charge on any atom is -0.406 e. The number of rotatable bonds is 4. The Kier molecular flexibility index (Phi) is 4.21. The highest BCUT2D eigenvalue weighted by Crippen LogP contribution is 2.46. The molecule has 1 N–H and O–H groups in total. The third kappa shape index (κ3) is 3.74. The molecule has 2 unspecified atom stereocenters. The van der Waals surface area contributed by atoms with E-state index in [-0.39, 0.29) is 5.75 Å². The SMILES string of the molecule is CCCC1(O)CC2CN(c3ccc(OC(F)(F)F)cc3)CC2C1. The summed E-state index contributed by atoms with van der Waals surface area (Å²) < 4.78 is 40.4. The van der Waals surface area contributed by atoms with Crippen molar-refractivity contribution in [1.29, 1.82) is 0 Å². The molecule has 0 spiro atoms. The fourth-order valence-corrected chi connectivity index (χ4v) is 4.20. The molecule has 1 aromatic rings. The number of nitrogens with zero attached hydrogens (tertiary/aromatic N) is 1. The summed E-state index contributed by atoms with van der Waals surface area (Å²) in [6, 6.07) is 6.04. The zero-order valence-electron chi connectivity index (χ0n) is 13.1. The van der Waals surface area contributed by atoms with Crippen LogP contribution in [0.5, 0.6) is 5.75 Å². The highest BCUT2D eigenvalue weighted by atomic mass is 19.4. The first kappa shape index (κ1) is 16.4. The van der Waals surface area contributed by atoms with E-state index in [1.807, 2.05) is 0 Å². The quantitative estimate of drug-likeness (QED) is 0.907. The number of benzene rings is 1. The number of hydrogen-bond acceptors (Lipinski definition) is 3. The molecular formula is C17H22F3NO2. The molecular weight excluding hydrogens is 307 g/mol. The van der Waals surface area contributed by atoms with Crippen molar-refractivity contribution in [3.05, 3.63) is 24.3 Å². The first-order valence-electron chi connectivity index (χ1n) is 8.11. The van der Waals surface area contributed by atoms with Gasteiger partial charge in [0.15, 0.2) is 0 Å². The summed E-state index contributed by atoms with van der Waals surface area (Å²) in [6.45, 7) is 3.80. The van der Waals surface area contributed by atoms with Crippen LogP contribution in [-0.2, 0) is 0 Å². The van der Waals surface area contributed by atoms with E-state index < -0.39 is 12.0 Å². The van der Waals surface area contributed by atoms with Crippen LogP contribution in [0.2, 0.25) is 0 Å². The smallest absolute Gasteiger partial charge is 0.406 e. The number of halogens is 3. The molecule has 3 rings (SSSR count). The molecule has 2 atom stereocenters. The van der Waals surface area contributed by atoms with Gasteiger partial charge < -0.3 is 14.7 Å². The van der Waals surface area contributed by atoms with E-state index >= 15 is 0 Å². The van der Waals surface area contributed by atoms with Gasteiger partial charge in [-0.25, -0.2) is 0 Å². The Morgan fingerprint density at radius 2 is 1.74 bits per heavy atom. The molecule has 3 nitrogen and oxygen atoms in total. The van der Waals surface area contributed by atoms with Crippen molar-refractivity contribution in [2.75, 3.05) is 18.0 Å². The largest absolute Gasteiger partial charge is 0.573 e. The summed E-state index contributed by atoms with van der Waals surface area (Å²) in [7, 11) is 0. The van der Waals surface area contributed by atoms with Gasteiger partial charge in [-0.3, -0.25) is 0 Å². The van der Waals surface area contributed by atoms with Gasteiger partial charge in [0.1, 0.15) is 5.75 Å². The van der Waals surface area contributed by atoms with Gasteiger partial charge >= 0.3 is 6.36 Å². The Hall–Kier alpha value is -1.43. The fraction of sp³-hybridized carbons (Fsp3) is 0.647. The minimum absolute atomic E-state index is 0.196. The van der Waals surface area contributed by atoms with Crippen LogP contribution in [0, 0.1) is 11.8 Å².